The zero-order valence-corrected chi connectivity index (χ0v) is 17.3. The van der Waals surface area contributed by atoms with Crippen molar-refractivity contribution >= 4 is 29.0 Å². The molecule has 7 heteroatoms. The molecule has 3 aromatic rings. The number of aromatic nitrogens is 2. The summed E-state index contributed by atoms with van der Waals surface area (Å²) in [5.41, 5.74) is 2.06. The van der Waals surface area contributed by atoms with Gasteiger partial charge in [-0.3, -0.25) is 14.2 Å². The van der Waals surface area contributed by atoms with E-state index < -0.39 is 5.91 Å². The molecule has 28 heavy (non-hydrogen) atoms. The van der Waals surface area contributed by atoms with Crippen molar-refractivity contribution < 1.29 is 4.79 Å². The molecule has 1 amide bonds. The van der Waals surface area contributed by atoms with Crippen molar-refractivity contribution in [1.82, 2.24) is 14.9 Å². The van der Waals surface area contributed by atoms with Crippen LogP contribution >= 0.6 is 23.1 Å². The number of thiophene rings is 1. The van der Waals surface area contributed by atoms with Crippen LogP contribution in [0.2, 0.25) is 0 Å². The fourth-order valence-electron chi connectivity index (χ4n) is 3.23. The number of thioether (sulfide) groups is 1. The van der Waals surface area contributed by atoms with Crippen LogP contribution in [0.3, 0.4) is 0 Å². The number of hydrogen-bond donors (Lipinski definition) is 1. The first-order valence-corrected chi connectivity index (χ1v) is 11.1. The molecule has 0 aliphatic carbocycles. The van der Waals surface area contributed by atoms with Gasteiger partial charge in [-0.2, -0.15) is 0 Å². The number of amides is 1. The van der Waals surface area contributed by atoms with E-state index in [2.05, 4.69) is 36.3 Å². The maximum atomic E-state index is 13.0. The Balaban J connectivity index is 1.65. The van der Waals surface area contributed by atoms with Gasteiger partial charge in [0.05, 0.1) is 6.04 Å². The van der Waals surface area contributed by atoms with Gasteiger partial charge in [0.2, 0.25) is 0 Å². The second kappa shape index (κ2) is 7.93. The van der Waals surface area contributed by atoms with E-state index in [0.29, 0.717) is 17.6 Å². The van der Waals surface area contributed by atoms with Gasteiger partial charge >= 0.3 is 0 Å². The van der Waals surface area contributed by atoms with Crippen LogP contribution in [-0.4, -0.2) is 21.2 Å². The Labute approximate surface area is 171 Å². The van der Waals surface area contributed by atoms with Crippen LogP contribution in [0.15, 0.2) is 57.9 Å². The highest BCUT2D eigenvalue weighted by molar-refractivity contribution is 7.99. The van der Waals surface area contributed by atoms with Crippen LogP contribution < -0.4 is 10.9 Å². The lowest BCUT2D eigenvalue weighted by Crippen LogP contribution is -2.35. The first-order valence-electron chi connectivity index (χ1n) is 9.21. The molecule has 2 aromatic heterocycles. The van der Waals surface area contributed by atoms with E-state index in [1.807, 2.05) is 29.6 Å². The van der Waals surface area contributed by atoms with Crippen LogP contribution in [0.25, 0.3) is 0 Å². The molecule has 1 N–H and O–H groups in total. The Morgan fingerprint density at radius 1 is 1.18 bits per heavy atom. The van der Waals surface area contributed by atoms with Crippen LogP contribution in [0.4, 0.5) is 0 Å². The summed E-state index contributed by atoms with van der Waals surface area (Å²) >= 11 is 3.12. The molecular formula is C21H21N3O2S2. The Morgan fingerprint density at radius 2 is 1.93 bits per heavy atom. The summed E-state index contributed by atoms with van der Waals surface area (Å²) in [6.45, 7) is 4.90. The lowest BCUT2D eigenvalue weighted by Gasteiger charge is -2.19. The summed E-state index contributed by atoms with van der Waals surface area (Å²) < 4.78 is 1.58. The number of nitrogens with one attached hydrogen (secondary N) is 1. The molecule has 1 aliphatic rings. The number of carbonyl (C=O) groups excluding carboxylic acids is 1. The van der Waals surface area contributed by atoms with E-state index in [1.165, 1.54) is 23.5 Å². The molecule has 1 aromatic carbocycles. The van der Waals surface area contributed by atoms with Gasteiger partial charge in [-0.1, -0.05) is 55.9 Å². The molecule has 0 saturated carbocycles. The topological polar surface area (TPSA) is 64.0 Å². The molecule has 1 atom stereocenters. The van der Waals surface area contributed by atoms with E-state index in [4.69, 9.17) is 0 Å². The normalized spacial score (nSPS) is 14.1. The first kappa shape index (κ1) is 19.0. The number of carbonyl (C=O) groups is 1. The zero-order chi connectivity index (χ0) is 19.7. The van der Waals surface area contributed by atoms with Crippen LogP contribution in [0.1, 0.15) is 52.2 Å². The van der Waals surface area contributed by atoms with Crippen molar-refractivity contribution in [2.75, 3.05) is 5.75 Å². The first-order chi connectivity index (χ1) is 13.5. The third-order valence-corrected chi connectivity index (χ3v) is 6.75. The fourth-order valence-corrected chi connectivity index (χ4v) is 4.95. The van der Waals surface area contributed by atoms with Crippen molar-refractivity contribution in [3.8, 4) is 0 Å². The molecule has 0 radical (unpaired) electrons. The standard InChI is InChI=1S/C21H21N3O2S2/c1-13(2)14-5-7-15(8-6-14)18(17-4-3-10-27-17)23-19(25)16-12-22-21-24(20(16)26)9-11-28-21/h3-8,10,12-13,18H,9,11H2,1-2H3,(H,23,25)/t18-/m1/s1. The number of nitrogens with zero attached hydrogens (tertiary/aromatic N) is 2. The maximum Gasteiger partial charge on any atom is 0.267 e. The van der Waals surface area contributed by atoms with Gasteiger partial charge in [0, 0.05) is 23.4 Å². The summed E-state index contributed by atoms with van der Waals surface area (Å²) in [7, 11) is 0. The van der Waals surface area contributed by atoms with Crippen molar-refractivity contribution in [3.05, 3.63) is 79.9 Å². The molecule has 5 nitrogen and oxygen atoms in total. The lowest BCUT2D eigenvalue weighted by molar-refractivity contribution is 0.0940. The third kappa shape index (κ3) is 3.64. The molecule has 0 bridgehead atoms. The molecule has 0 saturated heterocycles. The Kier molecular flexibility index (Phi) is 5.37. The van der Waals surface area contributed by atoms with Crippen molar-refractivity contribution in [2.45, 2.75) is 37.5 Å². The zero-order valence-electron chi connectivity index (χ0n) is 15.7. The summed E-state index contributed by atoms with van der Waals surface area (Å²) in [4.78, 5) is 30.9. The van der Waals surface area contributed by atoms with Crippen molar-refractivity contribution in [2.24, 2.45) is 0 Å². The second-order valence-electron chi connectivity index (χ2n) is 7.00. The second-order valence-corrected chi connectivity index (χ2v) is 9.04. The highest BCUT2D eigenvalue weighted by Crippen LogP contribution is 2.28. The molecule has 0 unspecified atom stereocenters. The van der Waals surface area contributed by atoms with Crippen LogP contribution in [0, 0.1) is 0 Å². The van der Waals surface area contributed by atoms with E-state index in [9.17, 15) is 9.59 Å². The van der Waals surface area contributed by atoms with Gasteiger partial charge in [-0.25, -0.2) is 4.98 Å². The summed E-state index contributed by atoms with van der Waals surface area (Å²) in [6.07, 6.45) is 1.40. The van der Waals surface area contributed by atoms with E-state index in [0.717, 1.165) is 16.2 Å². The van der Waals surface area contributed by atoms with Gasteiger partial charge in [-0.15, -0.1) is 11.3 Å². The smallest absolute Gasteiger partial charge is 0.267 e. The SMILES string of the molecule is CC(C)c1ccc([C@@H](NC(=O)c2cnc3n(c2=O)CCS3)c2cccs2)cc1. The van der Waals surface area contributed by atoms with Crippen LogP contribution in [-0.2, 0) is 6.54 Å². The minimum atomic E-state index is -0.393. The summed E-state index contributed by atoms with van der Waals surface area (Å²) in [5, 5.41) is 5.71. The number of fused-ring (bicyclic) bond motifs is 1. The van der Waals surface area contributed by atoms with E-state index in [-0.39, 0.29) is 17.2 Å². The largest absolute Gasteiger partial charge is 0.340 e. The maximum absolute atomic E-state index is 13.0. The predicted molar refractivity (Wildman–Crippen MR) is 113 cm³/mol. The molecule has 3 heterocycles. The molecule has 0 spiro atoms. The Morgan fingerprint density at radius 3 is 2.61 bits per heavy atom. The number of hydrogen-bond acceptors (Lipinski definition) is 5. The minimum absolute atomic E-state index is 0.0895. The minimum Gasteiger partial charge on any atom is -0.340 e. The summed E-state index contributed by atoms with van der Waals surface area (Å²) in [6, 6.07) is 11.9. The Hall–Kier alpha value is -2.38. The number of benzene rings is 1. The van der Waals surface area contributed by atoms with E-state index >= 15 is 0 Å². The van der Waals surface area contributed by atoms with Gasteiger partial charge < -0.3 is 5.32 Å². The van der Waals surface area contributed by atoms with Gasteiger partial charge in [0.15, 0.2) is 5.16 Å². The number of rotatable bonds is 5. The van der Waals surface area contributed by atoms with E-state index in [1.54, 1.807) is 15.9 Å². The molecule has 1 aliphatic heterocycles. The summed E-state index contributed by atoms with van der Waals surface area (Å²) in [5.74, 6) is 0.864. The predicted octanol–water partition coefficient (Wildman–Crippen LogP) is 4.05. The lowest BCUT2D eigenvalue weighted by atomic mass is 9.98. The molecule has 0 fully saturated rings. The monoisotopic (exact) mass is 411 g/mol. The Bertz CT molecular complexity index is 1040. The average Bonchev–Trinajstić information content (AvgIpc) is 3.38. The quantitative estimate of drug-likeness (QED) is 0.643. The highest BCUT2D eigenvalue weighted by atomic mass is 32.2. The molecular weight excluding hydrogens is 390 g/mol. The van der Waals surface area contributed by atoms with Crippen molar-refractivity contribution in [3.63, 3.8) is 0 Å². The molecule has 144 valence electrons. The third-order valence-electron chi connectivity index (χ3n) is 4.84. The van der Waals surface area contributed by atoms with Gasteiger partial charge in [0.25, 0.3) is 11.5 Å². The molecule has 4 rings (SSSR count). The average molecular weight is 412 g/mol. The van der Waals surface area contributed by atoms with Gasteiger partial charge in [0.1, 0.15) is 5.56 Å². The van der Waals surface area contributed by atoms with Crippen LogP contribution in [0.5, 0.6) is 0 Å². The van der Waals surface area contributed by atoms with Gasteiger partial charge in [-0.05, 0) is 28.5 Å². The fraction of sp³-hybridized carbons (Fsp3) is 0.286. The van der Waals surface area contributed by atoms with Crippen molar-refractivity contribution in [1.29, 1.82) is 0 Å². The highest BCUT2D eigenvalue weighted by Gasteiger charge is 2.24.